The van der Waals surface area contributed by atoms with Crippen LogP contribution in [0.2, 0.25) is 5.02 Å². The predicted molar refractivity (Wildman–Crippen MR) is 91.6 cm³/mol. The first-order valence-corrected chi connectivity index (χ1v) is 8.36. The first-order valence-electron chi connectivity index (χ1n) is 7.99. The molecule has 1 saturated heterocycles. The van der Waals surface area contributed by atoms with Crippen LogP contribution in [0.4, 0.5) is 0 Å². The summed E-state index contributed by atoms with van der Waals surface area (Å²) in [5, 5.41) is 4.87. The minimum Gasteiger partial charge on any atom is -0.339 e. The molecule has 4 rings (SSSR count). The van der Waals surface area contributed by atoms with Gasteiger partial charge in [0.25, 0.3) is 0 Å². The van der Waals surface area contributed by atoms with E-state index in [2.05, 4.69) is 32.2 Å². The van der Waals surface area contributed by atoms with Crippen LogP contribution in [0, 0.1) is 0 Å². The zero-order valence-corrected chi connectivity index (χ0v) is 13.9. The van der Waals surface area contributed by atoms with Crippen LogP contribution in [-0.4, -0.2) is 33.1 Å². The van der Waals surface area contributed by atoms with Crippen LogP contribution in [-0.2, 0) is 6.54 Å². The zero-order valence-electron chi connectivity index (χ0n) is 13.1. The highest BCUT2D eigenvalue weighted by molar-refractivity contribution is 6.30. The molecule has 2 aromatic heterocycles. The summed E-state index contributed by atoms with van der Waals surface area (Å²) in [6, 6.07) is 11.8. The second-order valence-corrected chi connectivity index (χ2v) is 6.48. The van der Waals surface area contributed by atoms with Crippen molar-refractivity contribution < 1.29 is 4.52 Å². The highest BCUT2D eigenvalue weighted by Gasteiger charge is 2.28. The second kappa shape index (κ2) is 6.71. The number of aromatic nitrogens is 3. The van der Waals surface area contributed by atoms with Gasteiger partial charge in [0.15, 0.2) is 0 Å². The van der Waals surface area contributed by atoms with Gasteiger partial charge in [-0.1, -0.05) is 28.9 Å². The Morgan fingerprint density at radius 1 is 1.12 bits per heavy atom. The van der Waals surface area contributed by atoms with Crippen LogP contribution < -0.4 is 0 Å². The Morgan fingerprint density at radius 2 is 1.92 bits per heavy atom. The molecule has 0 aliphatic carbocycles. The summed E-state index contributed by atoms with van der Waals surface area (Å²) < 4.78 is 5.49. The quantitative estimate of drug-likeness (QED) is 0.723. The molecule has 3 heterocycles. The van der Waals surface area contributed by atoms with Crippen LogP contribution in [0.15, 0.2) is 53.3 Å². The second-order valence-electron chi connectivity index (χ2n) is 6.04. The van der Waals surface area contributed by atoms with E-state index >= 15 is 0 Å². The van der Waals surface area contributed by atoms with Crippen molar-refractivity contribution in [1.82, 2.24) is 20.0 Å². The van der Waals surface area contributed by atoms with Crippen LogP contribution in [0.5, 0.6) is 0 Å². The molecule has 1 aromatic carbocycles. The van der Waals surface area contributed by atoms with Crippen molar-refractivity contribution >= 4 is 11.6 Å². The smallest absolute Gasteiger partial charge is 0.231 e. The van der Waals surface area contributed by atoms with Crippen LogP contribution in [0.3, 0.4) is 0 Å². The molecule has 0 spiro atoms. The Kier molecular flexibility index (Phi) is 4.28. The molecule has 3 aromatic rings. The third-order valence-electron chi connectivity index (χ3n) is 4.32. The lowest BCUT2D eigenvalue weighted by atomic mass is 10.1. The standard InChI is InChI=1S/C18H17ClN4O/c19-16-3-1-13(2-4-16)11-23-10-7-15(12-23)18-21-17(22-24-18)14-5-8-20-9-6-14/h1-6,8-9,15H,7,10-12H2/t15-/m1/s1. The van der Waals surface area contributed by atoms with E-state index in [1.165, 1.54) is 5.56 Å². The molecule has 0 amide bonds. The van der Waals surface area contributed by atoms with Crippen molar-refractivity contribution in [2.75, 3.05) is 13.1 Å². The molecular formula is C18H17ClN4O. The van der Waals surface area contributed by atoms with Gasteiger partial charge in [-0.3, -0.25) is 9.88 Å². The molecule has 24 heavy (non-hydrogen) atoms. The average molecular weight is 341 g/mol. The Bertz CT molecular complexity index is 803. The van der Waals surface area contributed by atoms with Gasteiger partial charge < -0.3 is 4.52 Å². The summed E-state index contributed by atoms with van der Waals surface area (Å²) in [5.41, 5.74) is 2.19. The van der Waals surface area contributed by atoms with E-state index in [1.54, 1.807) is 12.4 Å². The molecular weight excluding hydrogens is 324 g/mol. The van der Waals surface area contributed by atoms with Crippen LogP contribution in [0.25, 0.3) is 11.4 Å². The van der Waals surface area contributed by atoms with E-state index in [0.29, 0.717) is 11.7 Å². The van der Waals surface area contributed by atoms with Gasteiger partial charge in [0.2, 0.25) is 11.7 Å². The Hall–Kier alpha value is -2.24. The van der Waals surface area contributed by atoms with E-state index in [9.17, 15) is 0 Å². The summed E-state index contributed by atoms with van der Waals surface area (Å²) in [4.78, 5) is 11.0. The lowest BCUT2D eigenvalue weighted by Gasteiger charge is -2.15. The van der Waals surface area contributed by atoms with E-state index < -0.39 is 0 Å². The fourth-order valence-corrected chi connectivity index (χ4v) is 3.17. The average Bonchev–Trinajstić information content (AvgIpc) is 3.27. The van der Waals surface area contributed by atoms with Crippen molar-refractivity contribution in [3.63, 3.8) is 0 Å². The number of hydrogen-bond donors (Lipinski definition) is 0. The molecule has 1 atom stereocenters. The van der Waals surface area contributed by atoms with Crippen molar-refractivity contribution in [2.45, 2.75) is 18.9 Å². The number of nitrogens with zero attached hydrogens (tertiary/aromatic N) is 4. The first kappa shape index (κ1) is 15.3. The lowest BCUT2D eigenvalue weighted by Crippen LogP contribution is -2.19. The zero-order chi connectivity index (χ0) is 16.4. The topological polar surface area (TPSA) is 55.1 Å². The summed E-state index contributed by atoms with van der Waals surface area (Å²) in [6.45, 7) is 2.87. The highest BCUT2D eigenvalue weighted by Crippen LogP contribution is 2.28. The van der Waals surface area contributed by atoms with Gasteiger partial charge in [-0.25, -0.2) is 0 Å². The van der Waals surface area contributed by atoms with Crippen molar-refractivity contribution in [3.05, 3.63) is 65.3 Å². The summed E-state index contributed by atoms with van der Waals surface area (Å²) in [5.74, 6) is 1.64. The number of halogens is 1. The predicted octanol–water partition coefficient (Wildman–Crippen LogP) is 3.77. The minimum absolute atomic E-state index is 0.292. The molecule has 1 fully saturated rings. The molecule has 1 aliphatic heterocycles. The minimum atomic E-state index is 0.292. The molecule has 0 N–H and O–H groups in total. The van der Waals surface area contributed by atoms with E-state index in [1.807, 2.05) is 24.3 Å². The fourth-order valence-electron chi connectivity index (χ4n) is 3.05. The van der Waals surface area contributed by atoms with Gasteiger partial charge in [0.1, 0.15) is 0 Å². The van der Waals surface area contributed by atoms with Gasteiger partial charge in [0, 0.05) is 36.1 Å². The SMILES string of the molecule is Clc1ccc(CN2CC[C@@H](c3nc(-c4ccncc4)no3)C2)cc1. The molecule has 5 nitrogen and oxygen atoms in total. The Balaban J connectivity index is 1.42. The number of benzene rings is 1. The maximum Gasteiger partial charge on any atom is 0.231 e. The molecule has 0 unspecified atom stereocenters. The van der Waals surface area contributed by atoms with E-state index in [-0.39, 0.29) is 0 Å². The van der Waals surface area contributed by atoms with Crippen LogP contribution >= 0.6 is 11.6 Å². The van der Waals surface area contributed by atoms with Crippen molar-refractivity contribution in [1.29, 1.82) is 0 Å². The van der Waals surface area contributed by atoms with E-state index in [0.717, 1.165) is 42.5 Å². The third-order valence-corrected chi connectivity index (χ3v) is 4.57. The van der Waals surface area contributed by atoms with Crippen molar-refractivity contribution in [2.24, 2.45) is 0 Å². The number of rotatable bonds is 4. The normalized spacial score (nSPS) is 18.1. The monoisotopic (exact) mass is 340 g/mol. The van der Waals surface area contributed by atoms with Gasteiger partial charge in [0.05, 0.1) is 5.92 Å². The largest absolute Gasteiger partial charge is 0.339 e. The molecule has 0 radical (unpaired) electrons. The van der Waals surface area contributed by atoms with E-state index in [4.69, 9.17) is 16.1 Å². The summed E-state index contributed by atoms with van der Waals surface area (Å²) in [7, 11) is 0. The van der Waals surface area contributed by atoms with Gasteiger partial charge in [-0.2, -0.15) is 4.98 Å². The molecule has 122 valence electrons. The number of pyridine rings is 1. The lowest BCUT2D eigenvalue weighted by molar-refractivity contribution is 0.309. The third kappa shape index (κ3) is 3.32. The Morgan fingerprint density at radius 3 is 2.71 bits per heavy atom. The molecule has 0 bridgehead atoms. The van der Waals surface area contributed by atoms with Gasteiger partial charge in [-0.05, 0) is 42.8 Å². The number of likely N-dealkylation sites (tertiary alicyclic amines) is 1. The molecule has 0 saturated carbocycles. The molecule has 1 aliphatic rings. The molecule has 6 heteroatoms. The highest BCUT2D eigenvalue weighted by atomic mass is 35.5. The van der Waals surface area contributed by atoms with Gasteiger partial charge in [-0.15, -0.1) is 0 Å². The summed E-state index contributed by atoms with van der Waals surface area (Å²) >= 11 is 5.94. The summed E-state index contributed by atoms with van der Waals surface area (Å²) in [6.07, 6.45) is 4.50. The maximum atomic E-state index is 5.94. The maximum absolute atomic E-state index is 5.94. The van der Waals surface area contributed by atoms with Crippen LogP contribution in [0.1, 0.15) is 23.8 Å². The van der Waals surface area contributed by atoms with Gasteiger partial charge >= 0.3 is 0 Å². The Labute approximate surface area is 145 Å². The van der Waals surface area contributed by atoms with Crippen molar-refractivity contribution in [3.8, 4) is 11.4 Å². The fraction of sp³-hybridized carbons (Fsp3) is 0.278. The number of hydrogen-bond acceptors (Lipinski definition) is 5. The first-order chi connectivity index (χ1) is 11.8.